The van der Waals surface area contributed by atoms with Gasteiger partial charge in [-0.25, -0.2) is 4.98 Å². The first-order valence-electron chi connectivity index (χ1n) is 7.60. The zero-order chi connectivity index (χ0) is 19.2. The van der Waals surface area contributed by atoms with E-state index >= 15 is 0 Å². The van der Waals surface area contributed by atoms with Gasteiger partial charge in [-0.1, -0.05) is 29.3 Å². The standard InChI is InChI=1S/C18H11Cl2N5O2/c19-14-2-1-13(15(20)9-14)10-24-25(17(26)12-3-5-21-6-4-12)18(27)16-11-22-7-8-23-16/h1-11H/b24-10+. The van der Waals surface area contributed by atoms with Crippen molar-refractivity contribution in [2.45, 2.75) is 0 Å². The highest BCUT2D eigenvalue weighted by molar-refractivity contribution is 6.36. The highest BCUT2D eigenvalue weighted by Crippen LogP contribution is 2.20. The topological polar surface area (TPSA) is 88.4 Å². The summed E-state index contributed by atoms with van der Waals surface area (Å²) in [6.45, 7) is 0. The largest absolute Gasteiger partial charge is 0.301 e. The van der Waals surface area contributed by atoms with Crippen molar-refractivity contribution in [2.75, 3.05) is 0 Å². The highest BCUT2D eigenvalue weighted by atomic mass is 35.5. The van der Waals surface area contributed by atoms with E-state index in [4.69, 9.17) is 23.2 Å². The Morgan fingerprint density at radius 2 is 1.74 bits per heavy atom. The fraction of sp³-hybridized carbons (Fsp3) is 0. The maximum Gasteiger partial charge on any atom is 0.301 e. The third-order valence-electron chi connectivity index (χ3n) is 3.37. The van der Waals surface area contributed by atoms with Crippen LogP contribution >= 0.6 is 23.2 Å². The molecule has 27 heavy (non-hydrogen) atoms. The number of nitrogens with zero attached hydrogens (tertiary/aromatic N) is 5. The number of amides is 2. The Morgan fingerprint density at radius 3 is 2.41 bits per heavy atom. The zero-order valence-corrected chi connectivity index (χ0v) is 15.2. The van der Waals surface area contributed by atoms with E-state index in [0.717, 1.165) is 0 Å². The average Bonchev–Trinajstić information content (AvgIpc) is 2.70. The smallest absolute Gasteiger partial charge is 0.267 e. The lowest BCUT2D eigenvalue weighted by Crippen LogP contribution is -2.33. The number of carbonyl (C=O) groups excluding carboxylic acids is 2. The van der Waals surface area contributed by atoms with Gasteiger partial charge in [-0.2, -0.15) is 10.1 Å². The average molecular weight is 400 g/mol. The van der Waals surface area contributed by atoms with Crippen molar-refractivity contribution in [1.82, 2.24) is 20.0 Å². The molecular formula is C18H11Cl2N5O2. The van der Waals surface area contributed by atoms with Crippen molar-refractivity contribution in [3.63, 3.8) is 0 Å². The van der Waals surface area contributed by atoms with E-state index in [-0.39, 0.29) is 11.3 Å². The van der Waals surface area contributed by atoms with E-state index in [1.807, 2.05) is 0 Å². The molecule has 9 heteroatoms. The second-order valence-electron chi connectivity index (χ2n) is 5.16. The fourth-order valence-electron chi connectivity index (χ4n) is 2.06. The molecule has 3 rings (SSSR count). The molecule has 3 aromatic rings. The minimum atomic E-state index is -0.730. The fourth-order valence-corrected chi connectivity index (χ4v) is 2.52. The molecule has 0 saturated heterocycles. The molecule has 0 atom stereocenters. The predicted molar refractivity (Wildman–Crippen MR) is 101 cm³/mol. The van der Waals surface area contributed by atoms with Gasteiger partial charge < -0.3 is 0 Å². The molecule has 0 saturated carbocycles. The van der Waals surface area contributed by atoms with Gasteiger partial charge in [-0.15, -0.1) is 0 Å². The highest BCUT2D eigenvalue weighted by Gasteiger charge is 2.25. The van der Waals surface area contributed by atoms with Gasteiger partial charge in [-0.3, -0.25) is 19.6 Å². The normalized spacial score (nSPS) is 10.7. The summed E-state index contributed by atoms with van der Waals surface area (Å²) in [5.74, 6) is -1.37. The van der Waals surface area contributed by atoms with Crippen LogP contribution in [0.4, 0.5) is 0 Å². The lowest BCUT2D eigenvalue weighted by atomic mass is 10.2. The molecule has 0 unspecified atom stereocenters. The molecule has 2 aromatic heterocycles. The third kappa shape index (κ3) is 4.52. The molecule has 0 spiro atoms. The SMILES string of the molecule is O=C(c1ccncc1)N(/N=C/c1ccc(Cl)cc1Cl)C(=O)c1cnccn1. The molecule has 134 valence electrons. The lowest BCUT2D eigenvalue weighted by molar-refractivity contribution is 0.0618. The predicted octanol–water partition coefficient (Wildman–Crippen LogP) is 3.50. The molecule has 1 aromatic carbocycles. The molecule has 0 fully saturated rings. The van der Waals surface area contributed by atoms with Crippen LogP contribution < -0.4 is 0 Å². The van der Waals surface area contributed by atoms with E-state index in [1.165, 1.54) is 55.4 Å². The zero-order valence-electron chi connectivity index (χ0n) is 13.7. The summed E-state index contributed by atoms with van der Waals surface area (Å²) in [6, 6.07) is 7.72. The van der Waals surface area contributed by atoms with Crippen molar-refractivity contribution < 1.29 is 9.59 Å². The molecule has 0 radical (unpaired) electrons. The number of hydrogen-bond acceptors (Lipinski definition) is 6. The Labute approximate surface area is 164 Å². The monoisotopic (exact) mass is 399 g/mol. The number of imide groups is 1. The second kappa shape index (κ2) is 8.48. The quantitative estimate of drug-likeness (QED) is 0.380. The van der Waals surface area contributed by atoms with Crippen molar-refractivity contribution in [3.8, 4) is 0 Å². The van der Waals surface area contributed by atoms with Crippen LogP contribution in [0.1, 0.15) is 26.4 Å². The van der Waals surface area contributed by atoms with Crippen LogP contribution in [0.15, 0.2) is 66.4 Å². The molecule has 2 amide bonds. The molecule has 2 heterocycles. The Morgan fingerprint density at radius 1 is 0.963 bits per heavy atom. The minimum Gasteiger partial charge on any atom is -0.267 e. The number of hydrogen-bond donors (Lipinski definition) is 0. The number of rotatable bonds is 4. The first-order valence-corrected chi connectivity index (χ1v) is 8.35. The van der Waals surface area contributed by atoms with E-state index < -0.39 is 11.8 Å². The number of halogens is 2. The second-order valence-corrected chi connectivity index (χ2v) is 6.00. The van der Waals surface area contributed by atoms with Gasteiger partial charge in [0.1, 0.15) is 5.69 Å². The van der Waals surface area contributed by atoms with Gasteiger partial charge in [0.2, 0.25) is 0 Å². The van der Waals surface area contributed by atoms with Crippen molar-refractivity contribution in [2.24, 2.45) is 5.10 Å². The molecule has 0 N–H and O–H groups in total. The number of pyridine rings is 1. The summed E-state index contributed by atoms with van der Waals surface area (Å²) in [5, 5.41) is 5.51. The summed E-state index contributed by atoms with van der Waals surface area (Å²) in [4.78, 5) is 37.1. The van der Waals surface area contributed by atoms with E-state index in [9.17, 15) is 9.59 Å². The van der Waals surface area contributed by atoms with Crippen molar-refractivity contribution in [3.05, 3.63) is 88.2 Å². The summed E-state index contributed by atoms with van der Waals surface area (Å²) in [5.41, 5.74) is 0.696. The summed E-state index contributed by atoms with van der Waals surface area (Å²) in [6.07, 6.45) is 8.20. The van der Waals surface area contributed by atoms with Crippen LogP contribution in [-0.4, -0.2) is 38.0 Å². The van der Waals surface area contributed by atoms with E-state index in [2.05, 4.69) is 20.1 Å². The molecule has 0 aliphatic heterocycles. The van der Waals surface area contributed by atoms with Crippen LogP contribution in [0.5, 0.6) is 0 Å². The van der Waals surface area contributed by atoms with Crippen LogP contribution in [0.3, 0.4) is 0 Å². The lowest BCUT2D eigenvalue weighted by Gasteiger charge is -2.14. The number of aromatic nitrogens is 3. The summed E-state index contributed by atoms with van der Waals surface area (Å²) >= 11 is 12.0. The molecule has 7 nitrogen and oxygen atoms in total. The minimum absolute atomic E-state index is 0.0285. The first-order chi connectivity index (χ1) is 13.1. The van der Waals surface area contributed by atoms with Crippen LogP contribution in [0.25, 0.3) is 0 Å². The molecule has 0 bridgehead atoms. The van der Waals surface area contributed by atoms with Crippen LogP contribution in [0, 0.1) is 0 Å². The Kier molecular flexibility index (Phi) is 5.85. The van der Waals surface area contributed by atoms with Gasteiger partial charge in [0, 0.05) is 40.9 Å². The van der Waals surface area contributed by atoms with Gasteiger partial charge in [0.05, 0.1) is 17.4 Å². The van der Waals surface area contributed by atoms with E-state index in [1.54, 1.807) is 12.1 Å². The molecule has 0 aliphatic rings. The van der Waals surface area contributed by atoms with Crippen molar-refractivity contribution >= 4 is 41.2 Å². The summed E-state index contributed by atoms with van der Waals surface area (Å²) in [7, 11) is 0. The van der Waals surface area contributed by atoms with Crippen molar-refractivity contribution in [1.29, 1.82) is 0 Å². The van der Waals surface area contributed by atoms with Gasteiger partial charge >= 0.3 is 5.91 Å². The molecular weight excluding hydrogens is 389 g/mol. The third-order valence-corrected chi connectivity index (χ3v) is 3.93. The number of hydrazone groups is 1. The van der Waals surface area contributed by atoms with Crippen LogP contribution in [-0.2, 0) is 0 Å². The Bertz CT molecular complexity index is 946. The van der Waals surface area contributed by atoms with E-state index in [0.29, 0.717) is 20.6 Å². The summed E-state index contributed by atoms with van der Waals surface area (Å²) < 4.78 is 0. The van der Waals surface area contributed by atoms with Crippen LogP contribution in [0.2, 0.25) is 10.0 Å². The van der Waals surface area contributed by atoms with Gasteiger partial charge in [0.25, 0.3) is 5.91 Å². The maximum absolute atomic E-state index is 12.8. The first kappa shape index (κ1) is 18.6. The Balaban J connectivity index is 1.98. The molecule has 0 aliphatic carbocycles. The Hall–Kier alpha value is -3.16. The maximum atomic E-state index is 12.8. The van der Waals surface area contributed by atoms with Gasteiger partial charge in [-0.05, 0) is 24.3 Å². The van der Waals surface area contributed by atoms with Gasteiger partial charge in [0.15, 0.2) is 0 Å². The number of carbonyl (C=O) groups is 2. The number of benzene rings is 1.